The van der Waals surface area contributed by atoms with E-state index in [9.17, 15) is 4.79 Å². The molecule has 1 rings (SSSR count). The quantitative estimate of drug-likeness (QED) is 0.673. The van der Waals surface area contributed by atoms with Crippen LogP contribution in [0.2, 0.25) is 0 Å². The zero-order valence-corrected chi connectivity index (χ0v) is 11.2. The predicted molar refractivity (Wildman–Crippen MR) is 75.4 cm³/mol. The molecule has 4 heteroatoms. The van der Waals surface area contributed by atoms with Gasteiger partial charge in [-0.05, 0) is 31.0 Å². The highest BCUT2D eigenvalue weighted by Gasteiger charge is 2.14. The highest BCUT2D eigenvalue weighted by molar-refractivity contribution is 5.96. The van der Waals surface area contributed by atoms with Crippen LogP contribution in [-0.4, -0.2) is 18.5 Å². The summed E-state index contributed by atoms with van der Waals surface area (Å²) >= 11 is 0. The molecule has 0 fully saturated rings. The van der Waals surface area contributed by atoms with Crippen molar-refractivity contribution in [2.24, 2.45) is 5.73 Å². The number of hydrogen-bond donors (Lipinski definition) is 3. The summed E-state index contributed by atoms with van der Waals surface area (Å²) in [4.78, 5) is 12.1. The number of anilines is 1. The van der Waals surface area contributed by atoms with Crippen molar-refractivity contribution in [3.05, 3.63) is 29.3 Å². The van der Waals surface area contributed by atoms with Crippen LogP contribution >= 0.6 is 0 Å². The SMILES string of the molecule is CCCCC(CN)NC(=O)c1cc(N)ccc1C. The second kappa shape index (κ2) is 7.01. The maximum Gasteiger partial charge on any atom is 0.251 e. The zero-order chi connectivity index (χ0) is 13.5. The van der Waals surface area contributed by atoms with Gasteiger partial charge in [0.2, 0.25) is 0 Å². The fraction of sp³-hybridized carbons (Fsp3) is 0.500. The van der Waals surface area contributed by atoms with Gasteiger partial charge < -0.3 is 16.8 Å². The molecule has 0 aliphatic carbocycles. The van der Waals surface area contributed by atoms with Crippen LogP contribution in [0.5, 0.6) is 0 Å². The summed E-state index contributed by atoms with van der Waals surface area (Å²) < 4.78 is 0. The van der Waals surface area contributed by atoms with Crippen LogP contribution in [0, 0.1) is 6.92 Å². The molecule has 1 atom stereocenters. The average Bonchev–Trinajstić information content (AvgIpc) is 2.37. The van der Waals surface area contributed by atoms with E-state index in [0.29, 0.717) is 17.8 Å². The molecule has 0 radical (unpaired) electrons. The summed E-state index contributed by atoms with van der Waals surface area (Å²) in [6.07, 6.45) is 3.09. The van der Waals surface area contributed by atoms with Crippen molar-refractivity contribution >= 4 is 11.6 Å². The predicted octanol–water partition coefficient (Wildman–Crippen LogP) is 1.82. The van der Waals surface area contributed by atoms with Crippen LogP contribution in [-0.2, 0) is 0 Å². The largest absolute Gasteiger partial charge is 0.399 e. The third-order valence-corrected chi connectivity index (χ3v) is 3.03. The Morgan fingerprint density at radius 1 is 1.44 bits per heavy atom. The molecule has 0 heterocycles. The average molecular weight is 249 g/mol. The third kappa shape index (κ3) is 4.04. The Morgan fingerprint density at radius 2 is 2.17 bits per heavy atom. The molecule has 0 aliphatic rings. The van der Waals surface area contributed by atoms with Crippen LogP contribution in [0.15, 0.2) is 18.2 Å². The van der Waals surface area contributed by atoms with E-state index >= 15 is 0 Å². The summed E-state index contributed by atoms with van der Waals surface area (Å²) in [6, 6.07) is 5.40. The molecule has 0 saturated heterocycles. The first-order valence-corrected chi connectivity index (χ1v) is 6.45. The molecular weight excluding hydrogens is 226 g/mol. The van der Waals surface area contributed by atoms with Crippen molar-refractivity contribution in [1.29, 1.82) is 0 Å². The number of benzene rings is 1. The van der Waals surface area contributed by atoms with Crippen LogP contribution in [0.3, 0.4) is 0 Å². The van der Waals surface area contributed by atoms with Gasteiger partial charge in [-0.1, -0.05) is 25.8 Å². The molecule has 1 amide bonds. The Hall–Kier alpha value is -1.55. The fourth-order valence-electron chi connectivity index (χ4n) is 1.85. The first-order chi connectivity index (χ1) is 8.58. The number of nitrogens with one attached hydrogen (secondary N) is 1. The first-order valence-electron chi connectivity index (χ1n) is 6.45. The molecule has 0 saturated carbocycles. The van der Waals surface area contributed by atoms with Crippen molar-refractivity contribution in [3.63, 3.8) is 0 Å². The lowest BCUT2D eigenvalue weighted by molar-refractivity contribution is 0.0935. The van der Waals surface area contributed by atoms with Crippen LogP contribution in [0.4, 0.5) is 5.69 Å². The van der Waals surface area contributed by atoms with Crippen LogP contribution in [0.1, 0.15) is 42.1 Å². The number of rotatable bonds is 6. The van der Waals surface area contributed by atoms with Gasteiger partial charge in [-0.3, -0.25) is 4.79 Å². The number of amides is 1. The third-order valence-electron chi connectivity index (χ3n) is 3.03. The number of carbonyl (C=O) groups excluding carboxylic acids is 1. The standard InChI is InChI=1S/C14H23N3O/c1-3-4-5-12(9-15)17-14(18)13-8-11(16)7-6-10(13)2/h6-8,12H,3-5,9,15-16H2,1-2H3,(H,17,18). The molecule has 100 valence electrons. The summed E-state index contributed by atoms with van der Waals surface area (Å²) in [6.45, 7) is 4.49. The van der Waals surface area contributed by atoms with E-state index in [1.165, 1.54) is 0 Å². The van der Waals surface area contributed by atoms with Gasteiger partial charge in [0.1, 0.15) is 0 Å². The maximum absolute atomic E-state index is 12.1. The lowest BCUT2D eigenvalue weighted by Crippen LogP contribution is -2.40. The maximum atomic E-state index is 12.1. The van der Waals surface area contributed by atoms with Crippen molar-refractivity contribution < 1.29 is 4.79 Å². The van der Waals surface area contributed by atoms with E-state index in [1.54, 1.807) is 12.1 Å². The fourth-order valence-corrected chi connectivity index (χ4v) is 1.85. The number of nitrogen functional groups attached to an aromatic ring is 1. The minimum Gasteiger partial charge on any atom is -0.399 e. The number of hydrogen-bond acceptors (Lipinski definition) is 3. The topological polar surface area (TPSA) is 81.1 Å². The van der Waals surface area contributed by atoms with Gasteiger partial charge in [-0.15, -0.1) is 0 Å². The lowest BCUT2D eigenvalue weighted by atomic mass is 10.1. The van der Waals surface area contributed by atoms with Gasteiger partial charge in [0.25, 0.3) is 5.91 Å². The molecule has 0 aromatic heterocycles. The molecule has 0 spiro atoms. The number of nitrogens with two attached hydrogens (primary N) is 2. The van der Waals surface area contributed by atoms with Crippen LogP contribution < -0.4 is 16.8 Å². The van der Waals surface area contributed by atoms with E-state index in [2.05, 4.69) is 12.2 Å². The Bertz CT molecular complexity index is 404. The van der Waals surface area contributed by atoms with Crippen molar-refractivity contribution in [3.8, 4) is 0 Å². The molecule has 1 aromatic rings. The van der Waals surface area contributed by atoms with Gasteiger partial charge in [-0.25, -0.2) is 0 Å². The Morgan fingerprint density at radius 3 is 2.78 bits per heavy atom. The van der Waals surface area contributed by atoms with Crippen molar-refractivity contribution in [1.82, 2.24) is 5.32 Å². The smallest absolute Gasteiger partial charge is 0.251 e. The number of unbranched alkanes of at least 4 members (excludes halogenated alkanes) is 1. The van der Waals surface area contributed by atoms with Gasteiger partial charge in [-0.2, -0.15) is 0 Å². The Kier molecular flexibility index (Phi) is 5.65. The molecule has 0 bridgehead atoms. The normalized spacial score (nSPS) is 12.2. The summed E-state index contributed by atoms with van der Waals surface area (Å²) in [5.41, 5.74) is 13.5. The highest BCUT2D eigenvalue weighted by Crippen LogP contribution is 2.13. The summed E-state index contributed by atoms with van der Waals surface area (Å²) in [7, 11) is 0. The Balaban J connectivity index is 2.71. The van der Waals surface area contributed by atoms with Crippen LogP contribution in [0.25, 0.3) is 0 Å². The molecular formula is C14H23N3O. The van der Waals surface area contributed by atoms with Gasteiger partial charge in [0.05, 0.1) is 0 Å². The van der Waals surface area contributed by atoms with Crippen molar-refractivity contribution in [2.75, 3.05) is 12.3 Å². The van der Waals surface area contributed by atoms with Gasteiger partial charge >= 0.3 is 0 Å². The second-order valence-electron chi connectivity index (χ2n) is 4.62. The molecule has 4 nitrogen and oxygen atoms in total. The molecule has 1 unspecified atom stereocenters. The minimum atomic E-state index is -0.0913. The van der Waals surface area contributed by atoms with Crippen molar-refractivity contribution in [2.45, 2.75) is 39.2 Å². The molecule has 18 heavy (non-hydrogen) atoms. The minimum absolute atomic E-state index is 0.0401. The van der Waals surface area contributed by atoms with E-state index in [0.717, 1.165) is 24.8 Å². The molecule has 1 aromatic carbocycles. The zero-order valence-electron chi connectivity index (χ0n) is 11.2. The second-order valence-corrected chi connectivity index (χ2v) is 4.62. The summed E-state index contributed by atoms with van der Waals surface area (Å²) in [5.74, 6) is -0.0913. The van der Waals surface area contributed by atoms with Gasteiger partial charge in [0, 0.05) is 23.8 Å². The highest BCUT2D eigenvalue weighted by atomic mass is 16.1. The molecule has 5 N–H and O–H groups in total. The molecule has 0 aliphatic heterocycles. The van der Waals surface area contributed by atoms with E-state index in [4.69, 9.17) is 11.5 Å². The summed E-state index contributed by atoms with van der Waals surface area (Å²) in [5, 5.41) is 2.97. The van der Waals surface area contributed by atoms with Gasteiger partial charge in [0.15, 0.2) is 0 Å². The monoisotopic (exact) mass is 249 g/mol. The number of carbonyl (C=O) groups is 1. The Labute approximate surface area is 109 Å². The number of aryl methyl sites for hydroxylation is 1. The van der Waals surface area contributed by atoms with E-state index in [1.807, 2.05) is 13.0 Å². The lowest BCUT2D eigenvalue weighted by Gasteiger charge is -2.17. The first kappa shape index (κ1) is 14.5. The van der Waals surface area contributed by atoms with E-state index in [-0.39, 0.29) is 11.9 Å². The van der Waals surface area contributed by atoms with E-state index < -0.39 is 0 Å².